The van der Waals surface area contributed by atoms with Crippen molar-refractivity contribution in [1.82, 2.24) is 0 Å². The molecule has 0 aromatic heterocycles. The normalized spacial score (nSPS) is 17.4. The summed E-state index contributed by atoms with van der Waals surface area (Å²) in [7, 11) is 0. The topological polar surface area (TPSA) is 24.7 Å². The van der Waals surface area contributed by atoms with Gasteiger partial charge in [0.2, 0.25) is 0 Å². The molecule has 43 heavy (non-hydrogen) atoms. The monoisotopic (exact) mass is 544 g/mol. The summed E-state index contributed by atoms with van der Waals surface area (Å²) in [6.45, 7) is 0. The highest BCUT2D eigenvalue weighted by Crippen LogP contribution is 2.46. The molecule has 2 heteroatoms. The van der Waals surface area contributed by atoms with Gasteiger partial charge >= 0.3 is 0 Å². The largest absolute Gasteiger partial charge is 0.252 e. The molecule has 0 amide bonds. The molecule has 0 saturated heterocycles. The number of aliphatic imine (C=N–C) groups is 2. The molecular weight excluding hydrogens is 520 g/mol. The van der Waals surface area contributed by atoms with Gasteiger partial charge in [-0.15, -0.1) is 0 Å². The third-order valence-corrected chi connectivity index (χ3v) is 10.2. The van der Waals surface area contributed by atoms with Gasteiger partial charge in [0, 0.05) is 29.0 Å². The highest BCUT2D eigenvalue weighted by Gasteiger charge is 2.29. The number of hydrogen-bond acceptors (Lipinski definition) is 2. The van der Waals surface area contributed by atoms with E-state index in [1.54, 1.807) is 0 Å². The van der Waals surface area contributed by atoms with E-state index in [1.165, 1.54) is 82.0 Å². The number of benzene rings is 7. The van der Waals surface area contributed by atoms with Crippen molar-refractivity contribution in [2.45, 2.75) is 18.8 Å². The molecule has 0 bridgehead atoms. The van der Waals surface area contributed by atoms with Gasteiger partial charge in [-0.2, -0.15) is 0 Å². The van der Waals surface area contributed by atoms with Gasteiger partial charge in [-0.3, -0.25) is 4.99 Å². The summed E-state index contributed by atoms with van der Waals surface area (Å²) >= 11 is 0. The summed E-state index contributed by atoms with van der Waals surface area (Å²) in [6.07, 6.45) is 11.3. The zero-order valence-corrected chi connectivity index (χ0v) is 23.4. The highest BCUT2D eigenvalue weighted by atomic mass is 14.9. The second-order valence-electron chi connectivity index (χ2n) is 12.5. The van der Waals surface area contributed by atoms with Crippen LogP contribution in [0.15, 0.2) is 113 Å². The smallest absolute Gasteiger partial charge is 0.0810 e. The van der Waals surface area contributed by atoms with E-state index >= 15 is 0 Å². The van der Waals surface area contributed by atoms with Crippen LogP contribution >= 0.6 is 0 Å². The molecule has 0 N–H and O–H groups in total. The minimum absolute atomic E-state index is 0.476. The van der Waals surface area contributed by atoms with Gasteiger partial charge in [0.1, 0.15) is 0 Å². The van der Waals surface area contributed by atoms with Crippen molar-refractivity contribution in [3.05, 3.63) is 142 Å². The molecular formula is C41H24N2. The zero-order valence-electron chi connectivity index (χ0n) is 23.4. The van der Waals surface area contributed by atoms with E-state index in [-0.39, 0.29) is 0 Å². The molecule has 7 aromatic carbocycles. The Kier molecular flexibility index (Phi) is 4.01. The first-order valence-corrected chi connectivity index (χ1v) is 15.2. The zero-order chi connectivity index (χ0) is 27.8. The van der Waals surface area contributed by atoms with E-state index in [0.717, 1.165) is 35.6 Å². The Morgan fingerprint density at radius 1 is 0.605 bits per heavy atom. The van der Waals surface area contributed by atoms with E-state index in [4.69, 9.17) is 9.98 Å². The maximum absolute atomic E-state index is 5.27. The fourth-order valence-corrected chi connectivity index (χ4v) is 8.25. The molecule has 0 fully saturated rings. The average molecular weight is 545 g/mol. The second kappa shape index (κ2) is 7.73. The SMILES string of the molecule is C1=Cc2ccc3ccc(C4=Nc5cc6c(cc5C4)N=C6c4ccc5ccc6cccc7ccc4c5c67)c4c3c2C(C=C4)C1. The van der Waals surface area contributed by atoms with Crippen LogP contribution in [0.1, 0.15) is 51.3 Å². The van der Waals surface area contributed by atoms with E-state index in [0.29, 0.717) is 5.92 Å². The van der Waals surface area contributed by atoms with Crippen LogP contribution in [0, 0.1) is 0 Å². The first kappa shape index (κ1) is 22.3. The van der Waals surface area contributed by atoms with E-state index in [2.05, 4.69) is 115 Å². The van der Waals surface area contributed by atoms with Crippen molar-refractivity contribution >= 4 is 78.0 Å². The molecule has 11 rings (SSSR count). The van der Waals surface area contributed by atoms with Gasteiger partial charge in [0.25, 0.3) is 0 Å². The van der Waals surface area contributed by atoms with E-state index in [1.807, 2.05) is 0 Å². The molecule has 2 heterocycles. The van der Waals surface area contributed by atoms with Crippen LogP contribution in [0.4, 0.5) is 11.4 Å². The fourth-order valence-electron chi connectivity index (χ4n) is 8.25. The van der Waals surface area contributed by atoms with E-state index < -0.39 is 0 Å². The Bertz CT molecular complexity index is 2540. The molecule has 2 aliphatic heterocycles. The molecule has 1 unspecified atom stereocenters. The summed E-state index contributed by atoms with van der Waals surface area (Å²) in [5.41, 5.74) is 13.5. The van der Waals surface area contributed by atoms with Crippen LogP contribution in [0.25, 0.3) is 55.2 Å². The quantitative estimate of drug-likeness (QED) is 0.193. The summed E-state index contributed by atoms with van der Waals surface area (Å²) in [5, 5.41) is 10.6. The number of allylic oxidation sites excluding steroid dienone is 2. The summed E-state index contributed by atoms with van der Waals surface area (Å²) < 4.78 is 0. The first-order chi connectivity index (χ1) is 21.3. The van der Waals surface area contributed by atoms with Crippen molar-refractivity contribution in [3.63, 3.8) is 0 Å². The molecule has 4 aliphatic rings. The van der Waals surface area contributed by atoms with Crippen LogP contribution in [0.3, 0.4) is 0 Å². The molecule has 0 spiro atoms. The molecule has 2 nitrogen and oxygen atoms in total. The minimum atomic E-state index is 0.476. The van der Waals surface area contributed by atoms with Crippen LogP contribution in [0.2, 0.25) is 0 Å². The Morgan fingerprint density at radius 3 is 2.28 bits per heavy atom. The third-order valence-electron chi connectivity index (χ3n) is 10.2. The van der Waals surface area contributed by atoms with Crippen molar-refractivity contribution in [1.29, 1.82) is 0 Å². The first-order valence-electron chi connectivity index (χ1n) is 15.2. The predicted molar refractivity (Wildman–Crippen MR) is 181 cm³/mol. The lowest BCUT2D eigenvalue weighted by Gasteiger charge is -2.26. The maximum Gasteiger partial charge on any atom is 0.0810 e. The van der Waals surface area contributed by atoms with Crippen molar-refractivity contribution in [2.75, 3.05) is 0 Å². The highest BCUT2D eigenvalue weighted by molar-refractivity contribution is 6.32. The van der Waals surface area contributed by atoms with Crippen LogP contribution in [-0.4, -0.2) is 11.4 Å². The Morgan fingerprint density at radius 2 is 1.37 bits per heavy atom. The van der Waals surface area contributed by atoms with Crippen molar-refractivity contribution in [2.24, 2.45) is 9.98 Å². The van der Waals surface area contributed by atoms with Gasteiger partial charge in [-0.1, -0.05) is 103 Å². The van der Waals surface area contributed by atoms with Crippen molar-refractivity contribution < 1.29 is 0 Å². The van der Waals surface area contributed by atoms with Gasteiger partial charge < -0.3 is 0 Å². The lowest BCUT2D eigenvalue weighted by molar-refractivity contribution is 0.861. The average Bonchev–Trinajstić information content (AvgIpc) is 3.46. The van der Waals surface area contributed by atoms with Crippen LogP contribution in [-0.2, 0) is 6.42 Å². The number of fused-ring (bicyclic) bond motifs is 2. The standard InChI is InChI=1S/C41H24N2/c1-3-22-7-9-26-11-15-29(30-16-12-24(5-1)37(22)39(26)30)35-19-28-20-36-33(21-34(28)42-35)41(43-36)32-18-14-27-10-8-23-4-2-6-25-13-17-31(32)40(27)38(23)25/h1-4,6-18,20-21,24H,5,19H2. The number of nitrogens with zero attached hydrogens (tertiary/aromatic N) is 2. The fraction of sp³-hybridized carbons (Fsp3) is 0.0732. The van der Waals surface area contributed by atoms with E-state index in [9.17, 15) is 0 Å². The number of rotatable bonds is 2. The molecule has 2 aliphatic carbocycles. The van der Waals surface area contributed by atoms with Gasteiger partial charge in [-0.05, 0) is 83.9 Å². The maximum atomic E-state index is 5.27. The minimum Gasteiger partial charge on any atom is -0.252 e. The summed E-state index contributed by atoms with van der Waals surface area (Å²) in [4.78, 5) is 10.4. The van der Waals surface area contributed by atoms with Crippen molar-refractivity contribution in [3.8, 4) is 0 Å². The molecule has 0 saturated carbocycles. The molecule has 198 valence electrons. The van der Waals surface area contributed by atoms with Crippen LogP contribution in [0.5, 0.6) is 0 Å². The predicted octanol–water partition coefficient (Wildman–Crippen LogP) is 10.4. The Labute approximate surface area is 248 Å². The molecule has 7 aromatic rings. The Balaban J connectivity index is 1.03. The van der Waals surface area contributed by atoms with Gasteiger partial charge in [-0.25, -0.2) is 4.99 Å². The molecule has 1 atom stereocenters. The summed E-state index contributed by atoms with van der Waals surface area (Å²) in [5.74, 6) is 0.476. The lowest BCUT2D eigenvalue weighted by atomic mass is 9.77. The second-order valence-corrected chi connectivity index (χ2v) is 12.5. The molecule has 0 radical (unpaired) electrons. The van der Waals surface area contributed by atoms with Crippen LogP contribution < -0.4 is 0 Å². The van der Waals surface area contributed by atoms with Gasteiger partial charge in [0.15, 0.2) is 0 Å². The van der Waals surface area contributed by atoms with Gasteiger partial charge in [0.05, 0.1) is 22.8 Å². The Hall–Kier alpha value is -5.34. The third kappa shape index (κ3) is 2.83. The lowest BCUT2D eigenvalue weighted by Crippen LogP contribution is -2.12. The summed E-state index contributed by atoms with van der Waals surface area (Å²) in [6, 6.07) is 33.8. The number of hydrogen-bond donors (Lipinski definition) is 0.